The second-order valence-corrected chi connectivity index (χ2v) is 6.13. The van der Waals surface area contributed by atoms with Crippen molar-refractivity contribution in [1.82, 2.24) is 9.47 Å². The van der Waals surface area contributed by atoms with Crippen LogP contribution in [0.2, 0.25) is 0 Å². The number of benzene rings is 1. The average molecular weight is 285 g/mol. The first-order chi connectivity index (χ1) is 10.3. The molecular weight excluding hydrogens is 258 g/mol. The number of nitrogens with zero attached hydrogens (tertiary/aromatic N) is 2. The zero-order valence-corrected chi connectivity index (χ0v) is 13.1. The number of hydrogen-bond acceptors (Lipinski definition) is 2. The summed E-state index contributed by atoms with van der Waals surface area (Å²) in [6.45, 7) is 7.43. The van der Waals surface area contributed by atoms with E-state index >= 15 is 0 Å². The van der Waals surface area contributed by atoms with Crippen molar-refractivity contribution in [3.05, 3.63) is 35.5 Å². The van der Waals surface area contributed by atoms with Crippen LogP contribution in [0.15, 0.2) is 24.3 Å². The summed E-state index contributed by atoms with van der Waals surface area (Å²) >= 11 is 0. The average Bonchev–Trinajstić information content (AvgIpc) is 2.68. The van der Waals surface area contributed by atoms with Crippen molar-refractivity contribution in [2.24, 2.45) is 5.73 Å². The second kappa shape index (κ2) is 6.63. The maximum Gasteiger partial charge on any atom is 0.0528 e. The van der Waals surface area contributed by atoms with E-state index in [0.717, 1.165) is 13.1 Å². The predicted molar refractivity (Wildman–Crippen MR) is 89.2 cm³/mol. The topological polar surface area (TPSA) is 34.2 Å². The fraction of sp³-hybridized carbons (Fsp3) is 0.556. The van der Waals surface area contributed by atoms with E-state index < -0.39 is 0 Å². The molecule has 1 aromatic carbocycles. The van der Waals surface area contributed by atoms with Gasteiger partial charge in [0, 0.05) is 30.7 Å². The van der Waals surface area contributed by atoms with E-state index in [1.54, 1.807) is 0 Å². The molecule has 0 amide bonds. The molecule has 1 saturated heterocycles. The summed E-state index contributed by atoms with van der Waals surface area (Å²) in [7, 11) is 0. The van der Waals surface area contributed by atoms with Gasteiger partial charge in [0.25, 0.3) is 0 Å². The summed E-state index contributed by atoms with van der Waals surface area (Å²) in [5, 5.41) is 1.34. The van der Waals surface area contributed by atoms with E-state index in [1.807, 2.05) is 0 Å². The van der Waals surface area contributed by atoms with Crippen LogP contribution in [0.25, 0.3) is 10.9 Å². The van der Waals surface area contributed by atoms with Crippen molar-refractivity contribution in [1.29, 1.82) is 0 Å². The Balaban J connectivity index is 1.94. The fourth-order valence-electron chi connectivity index (χ4n) is 3.64. The smallest absolute Gasteiger partial charge is 0.0528 e. The largest absolute Gasteiger partial charge is 0.343 e. The highest BCUT2D eigenvalue weighted by molar-refractivity contribution is 5.84. The summed E-state index contributed by atoms with van der Waals surface area (Å²) in [5.74, 6) is 0. The van der Waals surface area contributed by atoms with Crippen LogP contribution in [0.3, 0.4) is 0 Å². The van der Waals surface area contributed by atoms with Crippen molar-refractivity contribution in [3.63, 3.8) is 0 Å². The van der Waals surface area contributed by atoms with Gasteiger partial charge in [0.05, 0.1) is 5.52 Å². The Morgan fingerprint density at radius 2 is 1.86 bits per heavy atom. The van der Waals surface area contributed by atoms with Gasteiger partial charge in [0.2, 0.25) is 0 Å². The minimum absolute atomic E-state index is 0.616. The van der Waals surface area contributed by atoms with Gasteiger partial charge in [-0.05, 0) is 44.5 Å². The van der Waals surface area contributed by atoms with Crippen LogP contribution in [0.4, 0.5) is 0 Å². The van der Waals surface area contributed by atoms with Crippen LogP contribution in [-0.2, 0) is 19.6 Å². The molecule has 0 bridgehead atoms. The molecule has 2 heterocycles. The van der Waals surface area contributed by atoms with Gasteiger partial charge in [0.15, 0.2) is 0 Å². The molecule has 0 saturated carbocycles. The van der Waals surface area contributed by atoms with Crippen LogP contribution in [0.1, 0.15) is 43.9 Å². The Bertz CT molecular complexity index is 592. The molecule has 0 unspecified atom stereocenters. The minimum atomic E-state index is 0.616. The third-order valence-corrected chi connectivity index (χ3v) is 4.71. The molecule has 0 aliphatic carbocycles. The van der Waals surface area contributed by atoms with Gasteiger partial charge in [0.1, 0.15) is 0 Å². The molecule has 2 aromatic rings. The Hall–Kier alpha value is -1.32. The standard InChI is InChI=1S/C18H27N3/c1-2-21-17(14-20-10-5-3-4-6-11-20)12-15-8-7-9-16(13-19)18(15)21/h7-9,12H,2-6,10-11,13-14,19H2,1H3. The van der Waals surface area contributed by atoms with Gasteiger partial charge in [-0.15, -0.1) is 0 Å². The van der Waals surface area contributed by atoms with Crippen molar-refractivity contribution < 1.29 is 0 Å². The van der Waals surface area contributed by atoms with Crippen molar-refractivity contribution in [3.8, 4) is 0 Å². The van der Waals surface area contributed by atoms with Crippen LogP contribution < -0.4 is 5.73 Å². The van der Waals surface area contributed by atoms with Crippen molar-refractivity contribution >= 4 is 10.9 Å². The third kappa shape index (κ3) is 2.99. The number of rotatable bonds is 4. The normalized spacial score (nSPS) is 17.2. The highest BCUT2D eigenvalue weighted by atomic mass is 15.1. The molecule has 21 heavy (non-hydrogen) atoms. The zero-order chi connectivity index (χ0) is 14.7. The van der Waals surface area contributed by atoms with Gasteiger partial charge < -0.3 is 10.3 Å². The molecule has 0 spiro atoms. The van der Waals surface area contributed by atoms with E-state index in [1.165, 1.54) is 60.9 Å². The summed E-state index contributed by atoms with van der Waals surface area (Å²) in [5.41, 5.74) is 9.97. The molecule has 3 heteroatoms. The summed E-state index contributed by atoms with van der Waals surface area (Å²) < 4.78 is 2.46. The van der Waals surface area contributed by atoms with Gasteiger partial charge in [-0.3, -0.25) is 4.90 Å². The van der Waals surface area contributed by atoms with Gasteiger partial charge >= 0.3 is 0 Å². The third-order valence-electron chi connectivity index (χ3n) is 4.71. The van der Waals surface area contributed by atoms with Crippen molar-refractivity contribution in [2.45, 2.75) is 52.2 Å². The molecule has 1 fully saturated rings. The van der Waals surface area contributed by atoms with Crippen LogP contribution in [0, 0.1) is 0 Å². The monoisotopic (exact) mass is 285 g/mol. The predicted octanol–water partition coefficient (Wildman–Crippen LogP) is 3.50. The number of hydrogen-bond donors (Lipinski definition) is 1. The molecule has 1 aromatic heterocycles. The van der Waals surface area contributed by atoms with Gasteiger partial charge in [-0.25, -0.2) is 0 Å². The lowest BCUT2D eigenvalue weighted by Crippen LogP contribution is -2.25. The molecule has 0 atom stereocenters. The van der Waals surface area contributed by atoms with Crippen LogP contribution in [-0.4, -0.2) is 22.6 Å². The maximum absolute atomic E-state index is 5.93. The van der Waals surface area contributed by atoms with Crippen molar-refractivity contribution in [2.75, 3.05) is 13.1 Å². The van der Waals surface area contributed by atoms with E-state index in [9.17, 15) is 0 Å². The summed E-state index contributed by atoms with van der Waals surface area (Å²) in [4.78, 5) is 2.62. The lowest BCUT2D eigenvalue weighted by atomic mass is 10.1. The van der Waals surface area contributed by atoms with Crippen LogP contribution in [0.5, 0.6) is 0 Å². The van der Waals surface area contributed by atoms with E-state index in [4.69, 9.17) is 5.73 Å². The minimum Gasteiger partial charge on any atom is -0.343 e. The quantitative estimate of drug-likeness (QED) is 0.933. The first kappa shape index (κ1) is 14.6. The number of likely N-dealkylation sites (tertiary alicyclic amines) is 1. The number of aromatic nitrogens is 1. The number of fused-ring (bicyclic) bond motifs is 1. The molecule has 1 aliphatic rings. The van der Waals surface area contributed by atoms with Crippen LogP contribution >= 0.6 is 0 Å². The molecule has 114 valence electrons. The first-order valence-corrected chi connectivity index (χ1v) is 8.36. The molecule has 3 rings (SSSR count). The second-order valence-electron chi connectivity index (χ2n) is 6.13. The van der Waals surface area contributed by atoms with E-state index in [2.05, 4.69) is 40.7 Å². The number of aryl methyl sites for hydroxylation is 1. The Morgan fingerprint density at radius 1 is 1.10 bits per heavy atom. The lowest BCUT2D eigenvalue weighted by molar-refractivity contribution is 0.270. The molecule has 0 radical (unpaired) electrons. The summed E-state index contributed by atoms with van der Waals surface area (Å²) in [6, 6.07) is 8.86. The zero-order valence-electron chi connectivity index (χ0n) is 13.1. The molecule has 3 nitrogen and oxygen atoms in total. The Labute approximate surface area is 127 Å². The summed E-state index contributed by atoms with van der Waals surface area (Å²) in [6.07, 6.45) is 5.48. The highest BCUT2D eigenvalue weighted by Crippen LogP contribution is 2.25. The molecule has 1 aliphatic heterocycles. The maximum atomic E-state index is 5.93. The number of para-hydroxylation sites is 1. The van der Waals surface area contributed by atoms with Gasteiger partial charge in [-0.1, -0.05) is 31.0 Å². The molecule has 2 N–H and O–H groups in total. The SMILES string of the molecule is CCn1c(CN2CCCCCC2)cc2cccc(CN)c21. The lowest BCUT2D eigenvalue weighted by Gasteiger charge is -2.21. The Kier molecular flexibility index (Phi) is 4.61. The van der Waals surface area contributed by atoms with Gasteiger partial charge in [-0.2, -0.15) is 0 Å². The Morgan fingerprint density at radius 3 is 2.52 bits per heavy atom. The van der Waals surface area contributed by atoms with E-state index in [0.29, 0.717) is 6.54 Å². The first-order valence-electron chi connectivity index (χ1n) is 8.36. The number of nitrogens with two attached hydrogens (primary N) is 1. The highest BCUT2D eigenvalue weighted by Gasteiger charge is 2.15. The van der Waals surface area contributed by atoms with E-state index in [-0.39, 0.29) is 0 Å². The fourth-order valence-corrected chi connectivity index (χ4v) is 3.64. The molecular formula is C18H27N3.